The minimum Gasteiger partial charge on any atom is -0.394 e. The first-order valence-corrected chi connectivity index (χ1v) is 12.0. The van der Waals surface area contributed by atoms with Crippen LogP contribution in [0.1, 0.15) is 18.5 Å². The van der Waals surface area contributed by atoms with Crippen LogP contribution in [0.15, 0.2) is 17.2 Å². The Balaban J connectivity index is 2.41. The topological polar surface area (TPSA) is 69.3 Å². The lowest BCUT2D eigenvalue weighted by molar-refractivity contribution is -0.136. The highest BCUT2D eigenvalue weighted by Crippen LogP contribution is 2.35. The molecule has 2 aromatic rings. The van der Waals surface area contributed by atoms with Crippen molar-refractivity contribution >= 4 is 19.0 Å². The Morgan fingerprint density at radius 2 is 2.00 bits per heavy atom. The van der Waals surface area contributed by atoms with Crippen LogP contribution in [-0.4, -0.2) is 40.7 Å². The molecule has 1 atom stereocenters. The molecular formula is C16H24F3N3O3Si. The van der Waals surface area contributed by atoms with E-state index >= 15 is 0 Å². The highest BCUT2D eigenvalue weighted by Gasteiger charge is 2.36. The van der Waals surface area contributed by atoms with Crippen LogP contribution >= 0.6 is 0 Å². The molecule has 1 unspecified atom stereocenters. The van der Waals surface area contributed by atoms with Gasteiger partial charge in [0.25, 0.3) is 5.56 Å². The third kappa shape index (κ3) is 4.54. The Morgan fingerprint density at radius 1 is 1.35 bits per heavy atom. The predicted molar refractivity (Wildman–Crippen MR) is 94.9 cm³/mol. The van der Waals surface area contributed by atoms with Gasteiger partial charge in [-0.05, 0) is 13.0 Å². The van der Waals surface area contributed by atoms with Crippen LogP contribution in [0.25, 0.3) is 10.9 Å². The fourth-order valence-electron chi connectivity index (χ4n) is 2.49. The van der Waals surface area contributed by atoms with Crippen molar-refractivity contribution in [1.82, 2.24) is 14.3 Å². The van der Waals surface area contributed by atoms with Gasteiger partial charge in [0.05, 0.1) is 35.3 Å². The van der Waals surface area contributed by atoms with E-state index in [4.69, 9.17) is 4.74 Å². The molecule has 0 fully saturated rings. The van der Waals surface area contributed by atoms with E-state index in [1.54, 1.807) is 6.92 Å². The molecule has 6 nitrogen and oxygen atoms in total. The molecule has 0 saturated carbocycles. The van der Waals surface area contributed by atoms with E-state index < -0.39 is 36.8 Å². The summed E-state index contributed by atoms with van der Waals surface area (Å²) >= 11 is 0. The van der Waals surface area contributed by atoms with Gasteiger partial charge in [0.15, 0.2) is 0 Å². The quantitative estimate of drug-likeness (QED) is 0.582. The molecule has 2 heterocycles. The summed E-state index contributed by atoms with van der Waals surface area (Å²) < 4.78 is 47.7. The average molecular weight is 391 g/mol. The Labute approximate surface area is 150 Å². The molecule has 0 aliphatic heterocycles. The summed E-state index contributed by atoms with van der Waals surface area (Å²) in [5.41, 5.74) is -1.84. The van der Waals surface area contributed by atoms with Gasteiger partial charge in [0.1, 0.15) is 6.73 Å². The van der Waals surface area contributed by atoms with Gasteiger partial charge in [-0.1, -0.05) is 19.6 Å². The third-order valence-corrected chi connectivity index (χ3v) is 5.80. The molecule has 0 bridgehead atoms. The fraction of sp³-hybridized carbons (Fsp3) is 0.625. The predicted octanol–water partition coefficient (Wildman–Crippen LogP) is 3.08. The maximum absolute atomic E-state index is 13.4. The van der Waals surface area contributed by atoms with E-state index in [1.165, 1.54) is 10.8 Å². The summed E-state index contributed by atoms with van der Waals surface area (Å²) in [6.45, 7) is 7.96. The smallest absolute Gasteiger partial charge is 0.394 e. The van der Waals surface area contributed by atoms with Gasteiger partial charge in [-0.3, -0.25) is 4.79 Å². The molecule has 10 heteroatoms. The number of rotatable bonds is 7. The molecule has 0 radical (unpaired) electrons. The number of aliphatic hydroxyl groups is 1. The van der Waals surface area contributed by atoms with Crippen molar-refractivity contribution < 1.29 is 23.0 Å². The summed E-state index contributed by atoms with van der Waals surface area (Å²) in [4.78, 5) is 12.6. The highest BCUT2D eigenvalue weighted by molar-refractivity contribution is 6.76. The lowest BCUT2D eigenvalue weighted by Crippen LogP contribution is -2.27. The fourth-order valence-corrected chi connectivity index (χ4v) is 3.25. The van der Waals surface area contributed by atoms with Crippen molar-refractivity contribution in [2.75, 3.05) is 13.2 Å². The SMILES string of the molecule is CC(CO)n1cc(C(F)(F)F)c2c(=O)n(COCC[Si](C)(C)C)ncc21. The van der Waals surface area contributed by atoms with E-state index in [2.05, 4.69) is 24.7 Å². The highest BCUT2D eigenvalue weighted by atomic mass is 28.3. The maximum Gasteiger partial charge on any atom is 0.418 e. The molecule has 146 valence electrons. The van der Waals surface area contributed by atoms with Crippen LogP contribution in [0.4, 0.5) is 13.2 Å². The Hall–Kier alpha value is -1.65. The molecule has 0 spiro atoms. The monoisotopic (exact) mass is 391 g/mol. The van der Waals surface area contributed by atoms with Crippen LogP contribution < -0.4 is 5.56 Å². The van der Waals surface area contributed by atoms with Crippen molar-refractivity contribution in [3.8, 4) is 0 Å². The number of hydrogen-bond donors (Lipinski definition) is 1. The Kier molecular flexibility index (Phi) is 5.98. The van der Waals surface area contributed by atoms with Crippen LogP contribution in [0.5, 0.6) is 0 Å². The van der Waals surface area contributed by atoms with Gasteiger partial charge in [-0.25, -0.2) is 4.68 Å². The molecule has 0 saturated heterocycles. The van der Waals surface area contributed by atoms with E-state index in [-0.39, 0.29) is 18.9 Å². The largest absolute Gasteiger partial charge is 0.418 e. The lowest BCUT2D eigenvalue weighted by atomic mass is 10.2. The number of aromatic nitrogens is 3. The van der Waals surface area contributed by atoms with Crippen molar-refractivity contribution in [3.63, 3.8) is 0 Å². The zero-order valence-corrected chi connectivity index (χ0v) is 16.3. The number of nitrogens with zero attached hydrogens (tertiary/aromatic N) is 3. The number of ether oxygens (including phenoxy) is 1. The first kappa shape index (κ1) is 20.7. The van der Waals surface area contributed by atoms with E-state index in [0.29, 0.717) is 6.61 Å². The Bertz CT molecular complexity index is 824. The molecule has 0 aliphatic carbocycles. The number of fused-ring (bicyclic) bond motifs is 1. The van der Waals surface area contributed by atoms with E-state index in [9.17, 15) is 23.1 Å². The average Bonchev–Trinajstić information content (AvgIpc) is 2.92. The maximum atomic E-state index is 13.4. The number of aliphatic hydroxyl groups excluding tert-OH is 1. The molecule has 26 heavy (non-hydrogen) atoms. The number of alkyl halides is 3. The van der Waals surface area contributed by atoms with Crippen molar-refractivity contribution in [2.45, 2.75) is 51.6 Å². The van der Waals surface area contributed by atoms with E-state index in [0.717, 1.165) is 16.9 Å². The summed E-state index contributed by atoms with van der Waals surface area (Å²) in [5.74, 6) is 0. The molecule has 2 rings (SSSR count). The standard InChI is InChI=1S/C16H24F3N3O3Si/c1-11(9-23)21-8-12(16(17,18)19)14-13(21)7-20-22(15(14)24)10-25-5-6-26(2,3)4/h7-8,11,23H,5-6,9-10H2,1-4H3. The molecular weight excluding hydrogens is 367 g/mol. The molecule has 2 aromatic heterocycles. The second kappa shape index (κ2) is 7.53. The van der Waals surface area contributed by atoms with Crippen molar-refractivity contribution in [1.29, 1.82) is 0 Å². The summed E-state index contributed by atoms with van der Waals surface area (Å²) in [7, 11) is -1.31. The van der Waals surface area contributed by atoms with Crippen LogP contribution in [0.3, 0.4) is 0 Å². The summed E-state index contributed by atoms with van der Waals surface area (Å²) in [6, 6.07) is 0.265. The third-order valence-electron chi connectivity index (χ3n) is 4.09. The summed E-state index contributed by atoms with van der Waals surface area (Å²) in [5, 5.41) is 12.7. The molecule has 0 aliphatic rings. The lowest BCUT2D eigenvalue weighted by Gasteiger charge is -2.15. The zero-order chi connectivity index (χ0) is 19.7. The molecule has 0 aromatic carbocycles. The Morgan fingerprint density at radius 3 is 2.54 bits per heavy atom. The first-order chi connectivity index (χ1) is 12.0. The van der Waals surface area contributed by atoms with Crippen LogP contribution in [0.2, 0.25) is 25.7 Å². The van der Waals surface area contributed by atoms with Crippen LogP contribution in [0, 0.1) is 0 Å². The van der Waals surface area contributed by atoms with Gasteiger partial charge in [-0.15, -0.1) is 0 Å². The molecule has 0 amide bonds. The minimum atomic E-state index is -4.68. The molecule has 1 N–H and O–H groups in total. The van der Waals surface area contributed by atoms with Gasteiger partial charge >= 0.3 is 6.18 Å². The normalized spacial score (nSPS) is 14.2. The second-order valence-electron chi connectivity index (χ2n) is 7.54. The zero-order valence-electron chi connectivity index (χ0n) is 15.3. The minimum absolute atomic E-state index is 0.0437. The van der Waals surface area contributed by atoms with Gasteiger partial charge < -0.3 is 14.4 Å². The van der Waals surface area contributed by atoms with Gasteiger partial charge in [0.2, 0.25) is 0 Å². The number of hydrogen-bond acceptors (Lipinski definition) is 4. The van der Waals surface area contributed by atoms with Crippen molar-refractivity contribution in [2.24, 2.45) is 0 Å². The summed E-state index contributed by atoms with van der Waals surface area (Å²) in [6.07, 6.45) is -2.62. The van der Waals surface area contributed by atoms with Crippen LogP contribution in [-0.2, 0) is 17.6 Å². The number of halogens is 3. The second-order valence-corrected chi connectivity index (χ2v) is 13.2. The van der Waals surface area contributed by atoms with E-state index in [1.807, 2.05) is 0 Å². The van der Waals surface area contributed by atoms with Gasteiger partial charge in [-0.2, -0.15) is 18.3 Å². The first-order valence-electron chi connectivity index (χ1n) is 8.32. The van der Waals surface area contributed by atoms with Gasteiger partial charge in [0, 0.05) is 20.9 Å². The van der Waals surface area contributed by atoms with Crippen molar-refractivity contribution in [3.05, 3.63) is 28.3 Å².